The summed E-state index contributed by atoms with van der Waals surface area (Å²) in [6, 6.07) is 12.4. The highest BCUT2D eigenvalue weighted by molar-refractivity contribution is 5.96. The van der Waals surface area contributed by atoms with Gasteiger partial charge in [-0.3, -0.25) is 9.36 Å². The number of hydrogen-bond acceptors (Lipinski definition) is 5. The van der Waals surface area contributed by atoms with E-state index in [0.29, 0.717) is 16.9 Å². The highest BCUT2D eigenvalue weighted by Crippen LogP contribution is 2.25. The van der Waals surface area contributed by atoms with Crippen molar-refractivity contribution in [2.45, 2.75) is 26.7 Å². The molecule has 0 bridgehead atoms. The first-order chi connectivity index (χ1) is 15.4. The summed E-state index contributed by atoms with van der Waals surface area (Å²) in [5.41, 5.74) is 4.25. The Morgan fingerprint density at radius 2 is 1.72 bits per heavy atom. The van der Waals surface area contributed by atoms with Gasteiger partial charge in [-0.15, -0.1) is 0 Å². The number of nitrogens with zero attached hydrogens (tertiary/aromatic N) is 2. The first-order valence-corrected chi connectivity index (χ1v) is 10.6. The van der Waals surface area contributed by atoms with Crippen LogP contribution in [0.5, 0.6) is 0 Å². The second-order valence-corrected chi connectivity index (χ2v) is 7.94. The average Bonchev–Trinajstić information content (AvgIpc) is 3.44. The summed E-state index contributed by atoms with van der Waals surface area (Å²) in [5, 5.41) is 2.80. The highest BCUT2D eigenvalue weighted by Gasteiger charge is 2.15. The molecule has 0 saturated carbocycles. The Kier molecular flexibility index (Phi) is 6.11. The molecule has 32 heavy (non-hydrogen) atoms. The van der Waals surface area contributed by atoms with E-state index in [9.17, 15) is 14.4 Å². The van der Waals surface area contributed by atoms with Crippen LogP contribution in [-0.4, -0.2) is 41.1 Å². The van der Waals surface area contributed by atoms with Gasteiger partial charge in [0, 0.05) is 36.4 Å². The van der Waals surface area contributed by atoms with Crippen LogP contribution < -0.4 is 15.9 Å². The number of rotatable bonds is 6. The largest absolute Gasteiger partial charge is 0.452 e. The van der Waals surface area contributed by atoms with Gasteiger partial charge in [-0.25, -0.2) is 9.59 Å². The number of ether oxygens (including phenoxy) is 1. The second kappa shape index (κ2) is 9.13. The molecule has 0 aliphatic carbocycles. The fourth-order valence-corrected chi connectivity index (χ4v) is 3.88. The minimum Gasteiger partial charge on any atom is -0.452 e. The van der Waals surface area contributed by atoms with E-state index in [4.69, 9.17) is 4.74 Å². The summed E-state index contributed by atoms with van der Waals surface area (Å²) in [6.07, 6.45) is 4.02. The fraction of sp³-hybridized carbons (Fsp3) is 0.292. The number of H-pyrrole nitrogens is 1. The van der Waals surface area contributed by atoms with Gasteiger partial charge in [-0.1, -0.05) is 0 Å². The van der Waals surface area contributed by atoms with E-state index in [2.05, 4.69) is 21.3 Å². The molecule has 0 atom stereocenters. The Morgan fingerprint density at radius 1 is 1.03 bits per heavy atom. The lowest BCUT2D eigenvalue weighted by atomic mass is 10.1. The number of nitrogens with one attached hydrogen (secondary N) is 2. The Bertz CT molecular complexity index is 1190. The molecule has 3 aromatic rings. The maximum absolute atomic E-state index is 12.3. The van der Waals surface area contributed by atoms with Crippen LogP contribution >= 0.6 is 0 Å². The van der Waals surface area contributed by atoms with Crippen LogP contribution in [0.25, 0.3) is 5.69 Å². The van der Waals surface area contributed by atoms with Gasteiger partial charge in [0.1, 0.15) is 0 Å². The molecule has 8 heteroatoms. The number of carbonyl (C=O) groups excluding carboxylic acids is 2. The van der Waals surface area contributed by atoms with Gasteiger partial charge in [0.05, 0.1) is 11.3 Å². The molecule has 0 spiro atoms. The van der Waals surface area contributed by atoms with Gasteiger partial charge in [-0.2, -0.15) is 0 Å². The average molecular weight is 434 g/mol. The van der Waals surface area contributed by atoms with Crippen LogP contribution in [-0.2, 0) is 9.53 Å². The predicted molar refractivity (Wildman–Crippen MR) is 123 cm³/mol. The summed E-state index contributed by atoms with van der Waals surface area (Å²) in [4.78, 5) is 41.4. The van der Waals surface area contributed by atoms with Gasteiger partial charge >= 0.3 is 11.7 Å². The van der Waals surface area contributed by atoms with Gasteiger partial charge < -0.3 is 19.9 Å². The molecule has 2 N–H and O–H groups in total. The lowest BCUT2D eigenvalue weighted by molar-refractivity contribution is -0.119. The number of carbonyl (C=O) groups is 2. The van der Waals surface area contributed by atoms with E-state index in [1.807, 2.05) is 19.1 Å². The standard InChI is InChI=1S/C24H26N4O4/c1-16-13-20(27-11-3-4-12-27)9-10-21(16)26-22(29)15-32-23(30)18-5-7-19(8-6-18)28-17(2)14-25-24(28)31/h5-10,13-14H,3-4,11-12,15H2,1-2H3,(H,25,31)(H,26,29). The summed E-state index contributed by atoms with van der Waals surface area (Å²) >= 11 is 0. The third kappa shape index (κ3) is 4.59. The molecule has 2 aromatic carbocycles. The van der Waals surface area contributed by atoms with Crippen molar-refractivity contribution in [3.05, 3.63) is 76.0 Å². The number of aromatic amines is 1. The van der Waals surface area contributed by atoms with E-state index in [0.717, 1.165) is 30.0 Å². The summed E-state index contributed by atoms with van der Waals surface area (Å²) < 4.78 is 6.65. The summed E-state index contributed by atoms with van der Waals surface area (Å²) in [5.74, 6) is -1.01. The molecular weight excluding hydrogens is 408 g/mol. The number of aromatic nitrogens is 2. The van der Waals surface area contributed by atoms with E-state index in [-0.39, 0.29) is 12.3 Å². The second-order valence-electron chi connectivity index (χ2n) is 7.94. The van der Waals surface area contributed by atoms with Gasteiger partial charge in [0.15, 0.2) is 6.61 Å². The smallest absolute Gasteiger partial charge is 0.338 e. The van der Waals surface area contributed by atoms with Crippen LogP contribution in [0.1, 0.15) is 34.5 Å². The molecule has 1 aliphatic heterocycles. The van der Waals surface area contributed by atoms with Crippen LogP contribution in [0.15, 0.2) is 53.5 Å². The molecule has 1 amide bonds. The van der Waals surface area contributed by atoms with Crippen molar-refractivity contribution in [3.8, 4) is 5.69 Å². The third-order valence-corrected chi connectivity index (χ3v) is 5.61. The maximum Gasteiger partial charge on any atom is 0.338 e. The molecule has 0 unspecified atom stereocenters. The van der Waals surface area contributed by atoms with Gasteiger partial charge in [0.25, 0.3) is 5.91 Å². The summed E-state index contributed by atoms with van der Waals surface area (Å²) in [7, 11) is 0. The normalized spacial score (nSPS) is 13.2. The van der Waals surface area contributed by atoms with E-state index < -0.39 is 11.9 Å². The molecular formula is C24H26N4O4. The number of imidazole rings is 1. The molecule has 1 aromatic heterocycles. The van der Waals surface area contributed by atoms with E-state index in [1.54, 1.807) is 37.4 Å². The molecule has 2 heterocycles. The van der Waals surface area contributed by atoms with Crippen molar-refractivity contribution >= 4 is 23.3 Å². The lowest BCUT2D eigenvalue weighted by Gasteiger charge is -2.19. The third-order valence-electron chi connectivity index (χ3n) is 5.61. The minimum atomic E-state index is -0.606. The molecule has 166 valence electrons. The Balaban J connectivity index is 1.33. The predicted octanol–water partition coefficient (Wildman–Crippen LogP) is 3.18. The first kappa shape index (κ1) is 21.4. The van der Waals surface area contributed by atoms with E-state index >= 15 is 0 Å². The molecule has 4 rings (SSSR count). The molecule has 1 saturated heterocycles. The van der Waals surface area contributed by atoms with Crippen LogP contribution in [0.4, 0.5) is 11.4 Å². The highest BCUT2D eigenvalue weighted by atomic mass is 16.5. The zero-order chi connectivity index (χ0) is 22.7. The molecule has 1 aliphatic rings. The molecule has 8 nitrogen and oxygen atoms in total. The van der Waals surface area contributed by atoms with Crippen LogP contribution in [0.2, 0.25) is 0 Å². The van der Waals surface area contributed by atoms with Crippen LogP contribution in [0.3, 0.4) is 0 Å². The number of hydrogen-bond donors (Lipinski definition) is 2. The van der Waals surface area contributed by atoms with Gasteiger partial charge in [-0.05, 0) is 74.7 Å². The Labute approximate surface area is 185 Å². The Morgan fingerprint density at radius 3 is 2.34 bits per heavy atom. The van der Waals surface area contributed by atoms with Gasteiger partial charge in [0.2, 0.25) is 0 Å². The topological polar surface area (TPSA) is 96.4 Å². The van der Waals surface area contributed by atoms with Crippen molar-refractivity contribution in [2.24, 2.45) is 0 Å². The minimum absolute atomic E-state index is 0.252. The quantitative estimate of drug-likeness (QED) is 0.581. The van der Waals surface area contributed by atoms with E-state index in [1.165, 1.54) is 17.4 Å². The van der Waals surface area contributed by atoms with Crippen LogP contribution in [0, 0.1) is 13.8 Å². The number of aryl methyl sites for hydroxylation is 2. The number of esters is 1. The molecule has 1 fully saturated rings. The first-order valence-electron chi connectivity index (χ1n) is 10.6. The van der Waals surface area contributed by atoms with Crippen molar-refractivity contribution < 1.29 is 14.3 Å². The van der Waals surface area contributed by atoms with Crippen molar-refractivity contribution in [3.63, 3.8) is 0 Å². The van der Waals surface area contributed by atoms with Crippen molar-refractivity contribution in [1.82, 2.24) is 9.55 Å². The van der Waals surface area contributed by atoms with Crippen molar-refractivity contribution in [2.75, 3.05) is 29.9 Å². The lowest BCUT2D eigenvalue weighted by Crippen LogP contribution is -2.22. The maximum atomic E-state index is 12.3. The number of benzene rings is 2. The monoisotopic (exact) mass is 434 g/mol. The fourth-order valence-electron chi connectivity index (χ4n) is 3.88. The Hall–Kier alpha value is -3.81. The molecule has 0 radical (unpaired) electrons. The zero-order valence-corrected chi connectivity index (χ0v) is 18.2. The number of anilines is 2. The SMILES string of the molecule is Cc1cc(N2CCCC2)ccc1NC(=O)COC(=O)c1ccc(-n2c(C)c[nH]c2=O)cc1. The number of amides is 1. The van der Waals surface area contributed by atoms with Crippen molar-refractivity contribution in [1.29, 1.82) is 0 Å². The zero-order valence-electron chi connectivity index (χ0n) is 18.2. The summed E-state index contributed by atoms with van der Waals surface area (Å²) in [6.45, 7) is 5.48.